The van der Waals surface area contributed by atoms with Gasteiger partial charge >= 0.3 is 0 Å². The van der Waals surface area contributed by atoms with Gasteiger partial charge in [0, 0.05) is 19.4 Å². The Morgan fingerprint density at radius 2 is 2.00 bits per heavy atom. The molecule has 4 nitrogen and oxygen atoms in total. The van der Waals surface area contributed by atoms with Crippen LogP contribution in [0.4, 0.5) is 0 Å². The number of hydrogen-bond donors (Lipinski definition) is 1. The van der Waals surface area contributed by atoms with Crippen molar-refractivity contribution in [2.24, 2.45) is 5.92 Å². The maximum absolute atomic E-state index is 9.00. The standard InChI is InChI=1S/C10H16N2O2/c1-7-11-12-10(14-7)9-4-2-8(6-13)3-5-9/h8-9,13H,2-6H2,1H3/t8-,9-. The van der Waals surface area contributed by atoms with Crippen LogP contribution in [0.5, 0.6) is 0 Å². The second kappa shape index (κ2) is 4.09. The average molecular weight is 196 g/mol. The molecule has 4 heteroatoms. The van der Waals surface area contributed by atoms with Crippen molar-refractivity contribution in [1.29, 1.82) is 0 Å². The third-order valence-electron chi connectivity index (χ3n) is 3.00. The highest BCUT2D eigenvalue weighted by molar-refractivity contribution is 4.93. The molecule has 0 aliphatic heterocycles. The molecule has 1 aromatic heterocycles. The first-order valence-electron chi connectivity index (χ1n) is 5.20. The molecule has 0 atom stereocenters. The van der Waals surface area contributed by atoms with Crippen LogP contribution in [0.25, 0.3) is 0 Å². The molecule has 1 heterocycles. The van der Waals surface area contributed by atoms with E-state index in [0.717, 1.165) is 31.6 Å². The Bertz CT molecular complexity index is 290. The molecule has 1 aliphatic carbocycles. The Kier molecular flexibility index (Phi) is 2.82. The summed E-state index contributed by atoms with van der Waals surface area (Å²) in [5.41, 5.74) is 0. The molecule has 0 amide bonds. The van der Waals surface area contributed by atoms with Crippen LogP contribution in [0.1, 0.15) is 43.4 Å². The van der Waals surface area contributed by atoms with Crippen LogP contribution < -0.4 is 0 Å². The number of aliphatic hydroxyl groups is 1. The Balaban J connectivity index is 1.95. The number of aromatic nitrogens is 2. The van der Waals surface area contributed by atoms with Crippen molar-refractivity contribution in [3.63, 3.8) is 0 Å². The van der Waals surface area contributed by atoms with E-state index in [-0.39, 0.29) is 0 Å². The summed E-state index contributed by atoms with van der Waals surface area (Å²) < 4.78 is 5.41. The predicted octanol–water partition coefficient (Wildman–Crippen LogP) is 1.64. The highest BCUT2D eigenvalue weighted by Gasteiger charge is 2.25. The number of nitrogens with zero attached hydrogens (tertiary/aromatic N) is 2. The van der Waals surface area contributed by atoms with Crippen LogP contribution in [0.2, 0.25) is 0 Å². The summed E-state index contributed by atoms with van der Waals surface area (Å²) in [4.78, 5) is 0. The van der Waals surface area contributed by atoms with Crippen LogP contribution in [0.15, 0.2) is 4.42 Å². The van der Waals surface area contributed by atoms with Crippen molar-refractivity contribution in [2.75, 3.05) is 6.61 Å². The van der Waals surface area contributed by atoms with Gasteiger partial charge in [-0.1, -0.05) is 0 Å². The molecule has 0 aromatic carbocycles. The van der Waals surface area contributed by atoms with Gasteiger partial charge in [-0.05, 0) is 31.6 Å². The van der Waals surface area contributed by atoms with Crippen LogP contribution >= 0.6 is 0 Å². The van der Waals surface area contributed by atoms with Gasteiger partial charge in [0.05, 0.1) is 0 Å². The lowest BCUT2D eigenvalue weighted by Gasteiger charge is -2.24. The van der Waals surface area contributed by atoms with E-state index >= 15 is 0 Å². The fourth-order valence-corrected chi connectivity index (χ4v) is 2.07. The van der Waals surface area contributed by atoms with Crippen LogP contribution in [-0.4, -0.2) is 21.9 Å². The molecule has 0 saturated heterocycles. The van der Waals surface area contributed by atoms with E-state index in [9.17, 15) is 0 Å². The highest BCUT2D eigenvalue weighted by atomic mass is 16.4. The van der Waals surface area contributed by atoms with Gasteiger partial charge in [0.15, 0.2) is 0 Å². The summed E-state index contributed by atoms with van der Waals surface area (Å²) >= 11 is 0. The zero-order chi connectivity index (χ0) is 9.97. The van der Waals surface area contributed by atoms with Crippen molar-refractivity contribution in [3.05, 3.63) is 11.8 Å². The van der Waals surface area contributed by atoms with E-state index in [0.29, 0.717) is 24.3 Å². The molecule has 1 saturated carbocycles. The zero-order valence-corrected chi connectivity index (χ0v) is 8.44. The van der Waals surface area contributed by atoms with Crippen molar-refractivity contribution in [2.45, 2.75) is 38.5 Å². The van der Waals surface area contributed by atoms with E-state index in [2.05, 4.69) is 10.2 Å². The lowest BCUT2D eigenvalue weighted by molar-refractivity contribution is 0.176. The topological polar surface area (TPSA) is 59.2 Å². The summed E-state index contributed by atoms with van der Waals surface area (Å²) in [6, 6.07) is 0. The van der Waals surface area contributed by atoms with Gasteiger partial charge in [0.1, 0.15) is 0 Å². The number of rotatable bonds is 2. The average Bonchev–Trinajstić information content (AvgIpc) is 2.65. The second-order valence-corrected chi connectivity index (χ2v) is 4.06. The predicted molar refractivity (Wildman–Crippen MR) is 50.8 cm³/mol. The quantitative estimate of drug-likeness (QED) is 0.781. The van der Waals surface area contributed by atoms with Crippen molar-refractivity contribution in [1.82, 2.24) is 10.2 Å². The monoisotopic (exact) mass is 196 g/mol. The molecule has 1 N–H and O–H groups in total. The fourth-order valence-electron chi connectivity index (χ4n) is 2.07. The normalized spacial score (nSPS) is 27.9. The van der Waals surface area contributed by atoms with Crippen LogP contribution in [0.3, 0.4) is 0 Å². The number of aryl methyl sites for hydroxylation is 1. The van der Waals surface area contributed by atoms with Crippen LogP contribution in [0, 0.1) is 12.8 Å². The Morgan fingerprint density at radius 1 is 1.29 bits per heavy atom. The zero-order valence-electron chi connectivity index (χ0n) is 8.44. The summed E-state index contributed by atoms with van der Waals surface area (Å²) in [5, 5.41) is 16.9. The third-order valence-corrected chi connectivity index (χ3v) is 3.00. The van der Waals surface area contributed by atoms with E-state index in [4.69, 9.17) is 9.52 Å². The molecule has 78 valence electrons. The van der Waals surface area contributed by atoms with Crippen molar-refractivity contribution in [3.8, 4) is 0 Å². The molecule has 2 rings (SSSR count). The summed E-state index contributed by atoms with van der Waals surface area (Å²) in [7, 11) is 0. The minimum absolute atomic E-state index is 0.315. The summed E-state index contributed by atoms with van der Waals surface area (Å²) in [6.45, 7) is 2.13. The first kappa shape index (κ1) is 9.65. The van der Waals surface area contributed by atoms with Gasteiger partial charge in [-0.3, -0.25) is 0 Å². The molecule has 1 aromatic rings. The molecule has 0 bridgehead atoms. The maximum atomic E-state index is 9.00. The van der Waals surface area contributed by atoms with Crippen LogP contribution in [-0.2, 0) is 0 Å². The van der Waals surface area contributed by atoms with Gasteiger partial charge in [-0.15, -0.1) is 10.2 Å². The second-order valence-electron chi connectivity index (χ2n) is 4.06. The largest absolute Gasteiger partial charge is 0.425 e. The van der Waals surface area contributed by atoms with E-state index in [1.165, 1.54) is 0 Å². The molecular formula is C10H16N2O2. The van der Waals surface area contributed by atoms with E-state index in [1.54, 1.807) is 0 Å². The lowest BCUT2D eigenvalue weighted by atomic mass is 9.82. The van der Waals surface area contributed by atoms with E-state index in [1.807, 2.05) is 6.92 Å². The van der Waals surface area contributed by atoms with Gasteiger partial charge in [0.25, 0.3) is 0 Å². The van der Waals surface area contributed by atoms with Gasteiger partial charge in [-0.2, -0.15) is 0 Å². The van der Waals surface area contributed by atoms with Crippen molar-refractivity contribution < 1.29 is 9.52 Å². The van der Waals surface area contributed by atoms with Gasteiger partial charge in [0.2, 0.25) is 11.8 Å². The van der Waals surface area contributed by atoms with E-state index < -0.39 is 0 Å². The van der Waals surface area contributed by atoms with Gasteiger partial charge < -0.3 is 9.52 Å². The first-order valence-corrected chi connectivity index (χ1v) is 5.20. The minimum atomic E-state index is 0.315. The minimum Gasteiger partial charge on any atom is -0.425 e. The Morgan fingerprint density at radius 3 is 2.50 bits per heavy atom. The number of aliphatic hydroxyl groups excluding tert-OH is 1. The van der Waals surface area contributed by atoms with Gasteiger partial charge in [-0.25, -0.2) is 0 Å². The Hall–Kier alpha value is -0.900. The first-order chi connectivity index (χ1) is 6.79. The maximum Gasteiger partial charge on any atom is 0.219 e. The smallest absolute Gasteiger partial charge is 0.219 e. The molecule has 1 aliphatic rings. The molecule has 14 heavy (non-hydrogen) atoms. The summed E-state index contributed by atoms with van der Waals surface area (Å²) in [6.07, 6.45) is 4.27. The van der Waals surface area contributed by atoms with Crippen molar-refractivity contribution >= 4 is 0 Å². The Labute approximate surface area is 83.3 Å². The highest BCUT2D eigenvalue weighted by Crippen LogP contribution is 2.34. The molecule has 0 radical (unpaired) electrons. The fraction of sp³-hybridized carbons (Fsp3) is 0.800. The summed E-state index contributed by atoms with van der Waals surface area (Å²) in [5.74, 6) is 2.32. The molecular weight excluding hydrogens is 180 g/mol. The molecule has 0 spiro atoms. The molecule has 1 fully saturated rings. The third kappa shape index (κ3) is 1.95. The molecule has 0 unspecified atom stereocenters. The lowest BCUT2D eigenvalue weighted by Crippen LogP contribution is -2.16. The SMILES string of the molecule is Cc1nnc([C@H]2CC[C@H](CO)CC2)o1. The number of hydrogen-bond acceptors (Lipinski definition) is 4.